The third kappa shape index (κ3) is 4.91. The van der Waals surface area contributed by atoms with Crippen LogP contribution in [0.3, 0.4) is 0 Å². The molecule has 2 aromatic carbocycles. The molecule has 2 nitrogen and oxygen atoms in total. The van der Waals surface area contributed by atoms with E-state index in [2.05, 4.69) is 57.2 Å². The smallest absolute Gasteiger partial charge is 0.119 e. The zero-order valence-electron chi connectivity index (χ0n) is 13.2. The van der Waals surface area contributed by atoms with E-state index < -0.39 is 0 Å². The quantitative estimate of drug-likeness (QED) is 0.868. The van der Waals surface area contributed by atoms with Gasteiger partial charge in [-0.1, -0.05) is 57.2 Å². The van der Waals surface area contributed by atoms with Crippen molar-refractivity contribution in [2.75, 3.05) is 6.61 Å². The van der Waals surface area contributed by atoms with Gasteiger partial charge in [0.15, 0.2) is 0 Å². The standard InChI is InChI=1S/C19H25NO/c1-19(2,3)12-13-21-18-10-8-17(9-11-18)16-6-4-15(14-20)5-7-16/h4-11H,12-14,20H2,1-3H3. The minimum atomic E-state index is 0.310. The summed E-state index contributed by atoms with van der Waals surface area (Å²) in [5.41, 5.74) is 9.48. The Hall–Kier alpha value is -1.80. The number of nitrogens with two attached hydrogens (primary N) is 1. The Balaban J connectivity index is 1.98. The van der Waals surface area contributed by atoms with Crippen LogP contribution < -0.4 is 10.5 Å². The van der Waals surface area contributed by atoms with Crippen LogP contribution in [-0.2, 0) is 6.54 Å². The van der Waals surface area contributed by atoms with Crippen molar-refractivity contribution in [3.63, 3.8) is 0 Å². The molecule has 0 aliphatic heterocycles. The lowest BCUT2D eigenvalue weighted by Crippen LogP contribution is -2.10. The first kappa shape index (κ1) is 15.6. The molecule has 0 bridgehead atoms. The van der Waals surface area contributed by atoms with E-state index in [1.165, 1.54) is 11.1 Å². The van der Waals surface area contributed by atoms with Crippen molar-refractivity contribution in [2.45, 2.75) is 33.7 Å². The van der Waals surface area contributed by atoms with Crippen molar-refractivity contribution in [3.05, 3.63) is 54.1 Å². The molecule has 0 fully saturated rings. The van der Waals surface area contributed by atoms with E-state index in [1.807, 2.05) is 12.1 Å². The van der Waals surface area contributed by atoms with E-state index in [0.29, 0.717) is 12.0 Å². The zero-order chi connectivity index (χ0) is 15.3. The highest BCUT2D eigenvalue weighted by Gasteiger charge is 2.09. The van der Waals surface area contributed by atoms with Gasteiger partial charge in [0.25, 0.3) is 0 Å². The van der Waals surface area contributed by atoms with E-state index in [0.717, 1.165) is 24.3 Å². The zero-order valence-corrected chi connectivity index (χ0v) is 13.2. The minimum absolute atomic E-state index is 0.310. The lowest BCUT2D eigenvalue weighted by Gasteiger charge is -2.18. The molecule has 2 N–H and O–H groups in total. The molecule has 0 saturated carbocycles. The molecule has 0 heterocycles. The topological polar surface area (TPSA) is 35.2 Å². The summed E-state index contributed by atoms with van der Waals surface area (Å²) >= 11 is 0. The molecule has 0 saturated heterocycles. The second-order valence-electron chi connectivity index (χ2n) is 6.58. The van der Waals surface area contributed by atoms with Gasteiger partial charge in [-0.2, -0.15) is 0 Å². The van der Waals surface area contributed by atoms with Crippen LogP contribution in [0.25, 0.3) is 11.1 Å². The highest BCUT2D eigenvalue weighted by atomic mass is 16.5. The van der Waals surface area contributed by atoms with Crippen molar-refractivity contribution in [1.82, 2.24) is 0 Å². The molecule has 2 aromatic rings. The fourth-order valence-corrected chi connectivity index (χ4v) is 2.05. The summed E-state index contributed by atoms with van der Waals surface area (Å²) in [6, 6.07) is 16.6. The molecule has 0 atom stereocenters. The first-order valence-electron chi connectivity index (χ1n) is 7.50. The molecule has 0 radical (unpaired) electrons. The fraction of sp³-hybridized carbons (Fsp3) is 0.368. The summed E-state index contributed by atoms with van der Waals surface area (Å²) in [7, 11) is 0. The Bertz CT molecular complexity index is 550. The van der Waals surface area contributed by atoms with Crippen LogP contribution in [0.1, 0.15) is 32.8 Å². The van der Waals surface area contributed by atoms with Crippen LogP contribution in [0, 0.1) is 5.41 Å². The lowest BCUT2D eigenvalue weighted by molar-refractivity contribution is 0.243. The van der Waals surface area contributed by atoms with Crippen molar-refractivity contribution < 1.29 is 4.74 Å². The molecule has 2 rings (SSSR count). The predicted octanol–water partition coefficient (Wildman–Crippen LogP) is 4.63. The maximum absolute atomic E-state index is 5.79. The summed E-state index contributed by atoms with van der Waals surface area (Å²) < 4.78 is 5.79. The van der Waals surface area contributed by atoms with Gasteiger partial charge in [-0.05, 0) is 40.7 Å². The monoisotopic (exact) mass is 283 g/mol. The molecule has 21 heavy (non-hydrogen) atoms. The predicted molar refractivity (Wildman–Crippen MR) is 89.3 cm³/mol. The van der Waals surface area contributed by atoms with Gasteiger partial charge in [0.2, 0.25) is 0 Å². The molecule has 0 aromatic heterocycles. The first-order chi connectivity index (χ1) is 9.98. The van der Waals surface area contributed by atoms with E-state index in [4.69, 9.17) is 10.5 Å². The van der Waals surface area contributed by atoms with Crippen LogP contribution in [0.2, 0.25) is 0 Å². The summed E-state index contributed by atoms with van der Waals surface area (Å²) in [6.07, 6.45) is 1.05. The van der Waals surface area contributed by atoms with Crippen molar-refractivity contribution in [2.24, 2.45) is 11.1 Å². The largest absolute Gasteiger partial charge is 0.494 e. The Kier molecular flexibility index (Phi) is 5.03. The highest BCUT2D eigenvalue weighted by Crippen LogP contribution is 2.24. The van der Waals surface area contributed by atoms with Crippen molar-refractivity contribution in [3.8, 4) is 16.9 Å². The SMILES string of the molecule is CC(C)(C)CCOc1ccc(-c2ccc(CN)cc2)cc1. The van der Waals surface area contributed by atoms with Gasteiger partial charge in [0, 0.05) is 6.54 Å². The number of hydrogen-bond donors (Lipinski definition) is 1. The minimum Gasteiger partial charge on any atom is -0.494 e. The number of hydrogen-bond acceptors (Lipinski definition) is 2. The van der Waals surface area contributed by atoms with Crippen molar-refractivity contribution >= 4 is 0 Å². The van der Waals surface area contributed by atoms with Crippen LogP contribution >= 0.6 is 0 Å². The molecule has 0 amide bonds. The van der Waals surface area contributed by atoms with E-state index >= 15 is 0 Å². The lowest BCUT2D eigenvalue weighted by atomic mass is 9.93. The van der Waals surface area contributed by atoms with Gasteiger partial charge < -0.3 is 10.5 Å². The molecule has 0 aliphatic rings. The average Bonchev–Trinajstić information content (AvgIpc) is 2.47. The van der Waals surface area contributed by atoms with E-state index in [-0.39, 0.29) is 0 Å². The van der Waals surface area contributed by atoms with Crippen LogP contribution in [0.5, 0.6) is 5.75 Å². The molecule has 2 heteroatoms. The summed E-state index contributed by atoms with van der Waals surface area (Å²) in [5, 5.41) is 0. The molecule has 0 aliphatic carbocycles. The van der Waals surface area contributed by atoms with Crippen LogP contribution in [0.15, 0.2) is 48.5 Å². The highest BCUT2D eigenvalue weighted by molar-refractivity contribution is 5.64. The fourth-order valence-electron chi connectivity index (χ4n) is 2.05. The number of ether oxygens (including phenoxy) is 1. The third-order valence-electron chi connectivity index (χ3n) is 3.50. The molecular weight excluding hydrogens is 258 g/mol. The number of benzene rings is 2. The Morgan fingerprint density at radius 3 is 1.86 bits per heavy atom. The van der Waals surface area contributed by atoms with Gasteiger partial charge >= 0.3 is 0 Å². The maximum atomic E-state index is 5.79. The van der Waals surface area contributed by atoms with E-state index in [1.54, 1.807) is 0 Å². The Morgan fingerprint density at radius 1 is 0.857 bits per heavy atom. The van der Waals surface area contributed by atoms with Gasteiger partial charge in [0.05, 0.1) is 6.61 Å². The van der Waals surface area contributed by atoms with Crippen LogP contribution in [0.4, 0.5) is 0 Å². The van der Waals surface area contributed by atoms with Gasteiger partial charge in [-0.25, -0.2) is 0 Å². The average molecular weight is 283 g/mol. The molecular formula is C19H25NO. The molecule has 0 unspecified atom stereocenters. The molecule has 0 spiro atoms. The Labute approximate surface area is 127 Å². The second kappa shape index (κ2) is 6.77. The normalized spacial score (nSPS) is 11.4. The Morgan fingerprint density at radius 2 is 1.38 bits per heavy atom. The summed E-state index contributed by atoms with van der Waals surface area (Å²) in [5.74, 6) is 0.932. The van der Waals surface area contributed by atoms with E-state index in [9.17, 15) is 0 Å². The molecule has 112 valence electrons. The van der Waals surface area contributed by atoms with Gasteiger partial charge in [-0.3, -0.25) is 0 Å². The van der Waals surface area contributed by atoms with Gasteiger partial charge in [-0.15, -0.1) is 0 Å². The second-order valence-corrected chi connectivity index (χ2v) is 6.58. The first-order valence-corrected chi connectivity index (χ1v) is 7.50. The van der Waals surface area contributed by atoms with Crippen molar-refractivity contribution in [1.29, 1.82) is 0 Å². The summed E-state index contributed by atoms with van der Waals surface area (Å²) in [6.45, 7) is 8.02. The summed E-state index contributed by atoms with van der Waals surface area (Å²) in [4.78, 5) is 0. The van der Waals surface area contributed by atoms with Crippen LogP contribution in [-0.4, -0.2) is 6.61 Å². The van der Waals surface area contributed by atoms with Gasteiger partial charge in [0.1, 0.15) is 5.75 Å². The maximum Gasteiger partial charge on any atom is 0.119 e. The third-order valence-corrected chi connectivity index (χ3v) is 3.50. The number of rotatable bonds is 5.